The molecular weight excluding hydrogens is 281 g/mol. The Morgan fingerprint density at radius 3 is 2.24 bits per heavy atom. The van der Waals surface area contributed by atoms with E-state index in [0.29, 0.717) is 11.7 Å². The average molecular weight is 296 g/mol. The van der Waals surface area contributed by atoms with Crippen LogP contribution in [0.5, 0.6) is 11.6 Å². The molecule has 1 heterocycles. The number of alkyl halides is 3. The maximum absolute atomic E-state index is 12.7. The van der Waals surface area contributed by atoms with Gasteiger partial charge in [-0.25, -0.2) is 0 Å². The van der Waals surface area contributed by atoms with E-state index in [-0.39, 0.29) is 11.7 Å². The summed E-state index contributed by atoms with van der Waals surface area (Å²) in [6, 6.07) is 8.69. The van der Waals surface area contributed by atoms with Gasteiger partial charge in [0.1, 0.15) is 11.6 Å². The molecule has 0 bridgehead atoms. The second kappa shape index (κ2) is 5.63. The molecule has 0 radical (unpaired) electrons. The lowest BCUT2D eigenvalue weighted by Gasteiger charge is -2.11. The van der Waals surface area contributed by atoms with Gasteiger partial charge in [0.05, 0.1) is 5.56 Å². The van der Waals surface area contributed by atoms with Crippen LogP contribution in [0.3, 0.4) is 0 Å². The first-order valence-corrected chi connectivity index (χ1v) is 6.38. The molecule has 0 unspecified atom stereocenters. The highest BCUT2D eigenvalue weighted by Crippen LogP contribution is 2.33. The number of ether oxygens (including phenoxy) is 1. The third-order valence-corrected chi connectivity index (χ3v) is 2.92. The fourth-order valence-electron chi connectivity index (χ4n) is 1.78. The Bertz CT molecular complexity index is 622. The Labute approximate surface area is 120 Å². The van der Waals surface area contributed by atoms with Crippen LogP contribution in [0, 0.1) is 0 Å². The van der Waals surface area contributed by atoms with Gasteiger partial charge in [-0.1, -0.05) is 26.0 Å². The van der Waals surface area contributed by atoms with E-state index in [4.69, 9.17) is 10.5 Å². The highest BCUT2D eigenvalue weighted by molar-refractivity contribution is 5.40. The quantitative estimate of drug-likeness (QED) is 0.900. The maximum Gasteiger partial charge on any atom is 0.416 e. The molecule has 3 nitrogen and oxygen atoms in total. The van der Waals surface area contributed by atoms with Crippen molar-refractivity contribution in [1.29, 1.82) is 0 Å². The smallest absolute Gasteiger partial charge is 0.416 e. The van der Waals surface area contributed by atoms with E-state index in [0.717, 1.165) is 17.7 Å². The summed E-state index contributed by atoms with van der Waals surface area (Å²) in [5.41, 5.74) is 5.61. The topological polar surface area (TPSA) is 48.1 Å². The largest absolute Gasteiger partial charge is 0.439 e. The van der Waals surface area contributed by atoms with E-state index in [1.165, 1.54) is 0 Å². The van der Waals surface area contributed by atoms with Gasteiger partial charge < -0.3 is 10.5 Å². The standard InChI is InChI=1S/C15H15F3N2O/c1-9(2)10-3-5-12(6-4-10)21-14-8-11(15(16,17)18)7-13(19)20-14/h3-9H,1-2H3,(H2,19,20). The molecule has 6 heteroatoms. The third-order valence-electron chi connectivity index (χ3n) is 2.92. The Kier molecular flexibility index (Phi) is 4.06. The number of halogens is 3. The van der Waals surface area contributed by atoms with Gasteiger partial charge in [-0.15, -0.1) is 0 Å². The van der Waals surface area contributed by atoms with Gasteiger partial charge in [0.15, 0.2) is 0 Å². The van der Waals surface area contributed by atoms with Crippen molar-refractivity contribution in [3.8, 4) is 11.6 Å². The first-order valence-electron chi connectivity index (χ1n) is 6.38. The lowest BCUT2D eigenvalue weighted by molar-refractivity contribution is -0.137. The Balaban J connectivity index is 2.25. The Morgan fingerprint density at radius 1 is 1.10 bits per heavy atom. The van der Waals surface area contributed by atoms with Crippen LogP contribution in [-0.4, -0.2) is 4.98 Å². The molecule has 1 aromatic carbocycles. The molecular formula is C15H15F3N2O. The van der Waals surface area contributed by atoms with Crippen LogP contribution in [0.4, 0.5) is 19.0 Å². The highest BCUT2D eigenvalue weighted by Gasteiger charge is 2.31. The fourth-order valence-corrected chi connectivity index (χ4v) is 1.78. The molecule has 0 aliphatic heterocycles. The summed E-state index contributed by atoms with van der Waals surface area (Å²) in [6.45, 7) is 4.09. The van der Waals surface area contributed by atoms with Gasteiger partial charge >= 0.3 is 6.18 Å². The lowest BCUT2D eigenvalue weighted by atomic mass is 10.0. The monoisotopic (exact) mass is 296 g/mol. The van der Waals surface area contributed by atoms with Crippen molar-refractivity contribution in [1.82, 2.24) is 4.98 Å². The SMILES string of the molecule is CC(C)c1ccc(Oc2cc(C(F)(F)F)cc(N)n2)cc1. The molecule has 1 aromatic heterocycles. The Hall–Kier alpha value is -2.24. The van der Waals surface area contributed by atoms with Crippen molar-refractivity contribution in [2.75, 3.05) is 5.73 Å². The van der Waals surface area contributed by atoms with E-state index in [9.17, 15) is 13.2 Å². The van der Waals surface area contributed by atoms with Crippen LogP contribution in [0.15, 0.2) is 36.4 Å². The molecule has 2 aromatic rings. The van der Waals surface area contributed by atoms with Gasteiger partial charge in [0, 0.05) is 6.07 Å². The summed E-state index contributed by atoms with van der Waals surface area (Å²) in [7, 11) is 0. The zero-order valence-electron chi connectivity index (χ0n) is 11.6. The molecule has 0 atom stereocenters. The summed E-state index contributed by atoms with van der Waals surface area (Å²) in [5.74, 6) is 0.352. The van der Waals surface area contributed by atoms with Crippen LogP contribution in [0.25, 0.3) is 0 Å². The molecule has 0 aliphatic carbocycles. The zero-order chi connectivity index (χ0) is 15.6. The molecule has 21 heavy (non-hydrogen) atoms. The van der Waals surface area contributed by atoms with Gasteiger partial charge in [-0.2, -0.15) is 18.2 Å². The van der Waals surface area contributed by atoms with Crippen molar-refractivity contribution >= 4 is 5.82 Å². The number of pyridine rings is 1. The summed E-state index contributed by atoms with van der Waals surface area (Å²) < 4.78 is 43.4. The van der Waals surface area contributed by atoms with Gasteiger partial charge in [0.2, 0.25) is 5.88 Å². The molecule has 112 valence electrons. The average Bonchev–Trinajstić information content (AvgIpc) is 2.37. The van der Waals surface area contributed by atoms with Crippen LogP contribution >= 0.6 is 0 Å². The maximum atomic E-state index is 12.7. The number of benzene rings is 1. The molecule has 0 saturated heterocycles. The van der Waals surface area contributed by atoms with Crippen molar-refractivity contribution in [2.45, 2.75) is 25.9 Å². The van der Waals surface area contributed by atoms with E-state index in [1.807, 2.05) is 26.0 Å². The number of nitrogens with zero attached hydrogens (tertiary/aromatic N) is 1. The molecule has 0 spiro atoms. The third kappa shape index (κ3) is 3.87. The van der Waals surface area contributed by atoms with Gasteiger partial charge in [0.25, 0.3) is 0 Å². The summed E-state index contributed by atoms with van der Waals surface area (Å²) in [4.78, 5) is 3.76. The van der Waals surface area contributed by atoms with Crippen LogP contribution in [0.1, 0.15) is 30.9 Å². The molecule has 0 fully saturated rings. The molecule has 0 aliphatic rings. The van der Waals surface area contributed by atoms with E-state index < -0.39 is 11.7 Å². The normalized spacial score (nSPS) is 11.7. The van der Waals surface area contributed by atoms with Crippen molar-refractivity contribution < 1.29 is 17.9 Å². The molecule has 0 saturated carbocycles. The number of anilines is 1. The lowest BCUT2D eigenvalue weighted by Crippen LogP contribution is -2.07. The van der Waals surface area contributed by atoms with Crippen molar-refractivity contribution in [2.24, 2.45) is 0 Å². The first-order chi connectivity index (χ1) is 9.75. The molecule has 2 rings (SSSR count). The van der Waals surface area contributed by atoms with Crippen molar-refractivity contribution in [3.05, 3.63) is 47.5 Å². The minimum Gasteiger partial charge on any atom is -0.439 e. The van der Waals surface area contributed by atoms with Crippen molar-refractivity contribution in [3.63, 3.8) is 0 Å². The highest BCUT2D eigenvalue weighted by atomic mass is 19.4. The molecule has 0 amide bonds. The minimum absolute atomic E-state index is 0.181. The van der Waals surface area contributed by atoms with Crippen LogP contribution < -0.4 is 10.5 Å². The minimum atomic E-state index is -4.49. The van der Waals surface area contributed by atoms with Crippen LogP contribution in [0.2, 0.25) is 0 Å². The second-order valence-electron chi connectivity index (χ2n) is 4.94. The first kappa shape index (κ1) is 15.2. The second-order valence-corrected chi connectivity index (χ2v) is 4.94. The summed E-state index contributed by atoms with van der Waals surface area (Å²) in [6.07, 6.45) is -4.49. The number of nitrogens with two attached hydrogens (primary N) is 1. The number of aromatic nitrogens is 1. The number of hydrogen-bond donors (Lipinski definition) is 1. The summed E-state index contributed by atoms with van der Waals surface area (Å²) in [5, 5.41) is 0. The van der Waals surface area contributed by atoms with E-state index >= 15 is 0 Å². The van der Waals surface area contributed by atoms with E-state index in [2.05, 4.69) is 4.98 Å². The fraction of sp³-hybridized carbons (Fsp3) is 0.267. The zero-order valence-corrected chi connectivity index (χ0v) is 11.6. The molecule has 2 N–H and O–H groups in total. The number of rotatable bonds is 3. The summed E-state index contributed by atoms with van der Waals surface area (Å²) >= 11 is 0. The van der Waals surface area contributed by atoms with Gasteiger partial charge in [-0.3, -0.25) is 0 Å². The number of hydrogen-bond acceptors (Lipinski definition) is 3. The van der Waals surface area contributed by atoms with E-state index in [1.54, 1.807) is 12.1 Å². The van der Waals surface area contributed by atoms with Gasteiger partial charge in [-0.05, 0) is 29.7 Å². The van der Waals surface area contributed by atoms with Crippen LogP contribution in [-0.2, 0) is 6.18 Å². The predicted octanol–water partition coefficient (Wildman–Crippen LogP) is 4.60. The Morgan fingerprint density at radius 2 is 1.71 bits per heavy atom. The predicted molar refractivity (Wildman–Crippen MR) is 74.3 cm³/mol. The number of nitrogen functional groups attached to an aromatic ring is 1.